The number of fused-ring (bicyclic) bond motifs is 1. The van der Waals surface area contributed by atoms with E-state index in [1.165, 1.54) is 4.57 Å². The first-order valence-electron chi connectivity index (χ1n) is 7.62. The molecular weight excluding hydrogens is 329 g/mol. The molecule has 1 aliphatic heterocycles. The number of nitrogens with one attached hydrogen (secondary N) is 2. The molecule has 2 heterocycles. The largest absolute Gasteiger partial charge is 0.481 e. The fourth-order valence-electron chi connectivity index (χ4n) is 2.56. The van der Waals surface area contributed by atoms with Crippen molar-refractivity contribution < 1.29 is 27.9 Å². The highest BCUT2D eigenvalue weighted by molar-refractivity contribution is 5.73. The van der Waals surface area contributed by atoms with Gasteiger partial charge in [0.1, 0.15) is 5.82 Å². The number of imidazole rings is 1. The van der Waals surface area contributed by atoms with Crippen LogP contribution in [-0.2, 0) is 23.9 Å². The van der Waals surface area contributed by atoms with Crippen LogP contribution in [0.1, 0.15) is 30.8 Å². The average Bonchev–Trinajstić information content (AvgIpc) is 2.92. The van der Waals surface area contributed by atoms with Crippen LogP contribution in [0.3, 0.4) is 0 Å². The zero-order chi connectivity index (χ0) is 17.7. The van der Waals surface area contributed by atoms with E-state index in [9.17, 15) is 22.8 Å². The van der Waals surface area contributed by atoms with Crippen LogP contribution in [0.2, 0.25) is 0 Å². The van der Waals surface area contributed by atoms with Crippen molar-refractivity contribution in [1.29, 1.82) is 0 Å². The normalized spacial score (nSPS) is 17.2. The Hall–Kier alpha value is -2.26. The lowest BCUT2D eigenvalue weighted by Gasteiger charge is -2.23. The standard InChI is InChI=1S/C14H19F3N4O3/c15-14(16,17)10-8-21-7-9(3-4-11(21)20-10)6-19-13(24)18-5-1-2-12(22)23/h8-9H,1-7H2,(H,22,23)(H2,18,19,24). The summed E-state index contributed by atoms with van der Waals surface area (Å²) in [7, 11) is 0. The van der Waals surface area contributed by atoms with Gasteiger partial charge in [0, 0.05) is 38.7 Å². The summed E-state index contributed by atoms with van der Waals surface area (Å²) < 4.78 is 39.4. The Kier molecular flexibility index (Phi) is 5.68. The Balaban J connectivity index is 1.74. The van der Waals surface area contributed by atoms with E-state index in [2.05, 4.69) is 15.6 Å². The van der Waals surface area contributed by atoms with E-state index in [1.54, 1.807) is 0 Å². The number of aromatic nitrogens is 2. The SMILES string of the molecule is O=C(O)CCCNC(=O)NCC1CCc2nc(C(F)(F)F)cn2C1. The van der Waals surface area contributed by atoms with Gasteiger partial charge in [-0.3, -0.25) is 4.79 Å². The summed E-state index contributed by atoms with van der Waals surface area (Å²) in [5.41, 5.74) is -0.887. The second-order valence-corrected chi connectivity index (χ2v) is 5.73. The molecule has 1 aromatic heterocycles. The van der Waals surface area contributed by atoms with Crippen LogP contribution in [0, 0.1) is 5.92 Å². The van der Waals surface area contributed by atoms with E-state index in [4.69, 9.17) is 5.11 Å². The number of carbonyl (C=O) groups excluding carboxylic acids is 1. The molecule has 0 saturated carbocycles. The first kappa shape index (κ1) is 18.1. The lowest BCUT2D eigenvalue weighted by molar-refractivity contribution is -0.141. The van der Waals surface area contributed by atoms with Crippen LogP contribution in [0.4, 0.5) is 18.0 Å². The van der Waals surface area contributed by atoms with Gasteiger partial charge in [-0.05, 0) is 18.8 Å². The van der Waals surface area contributed by atoms with Gasteiger partial charge < -0.3 is 20.3 Å². The van der Waals surface area contributed by atoms with Gasteiger partial charge in [0.15, 0.2) is 5.69 Å². The first-order chi connectivity index (χ1) is 11.3. The molecular formula is C14H19F3N4O3. The van der Waals surface area contributed by atoms with E-state index in [-0.39, 0.29) is 18.9 Å². The molecule has 0 aromatic carbocycles. The van der Waals surface area contributed by atoms with Crippen molar-refractivity contribution in [2.24, 2.45) is 5.92 Å². The van der Waals surface area contributed by atoms with Crippen LogP contribution < -0.4 is 10.6 Å². The van der Waals surface area contributed by atoms with Crippen LogP contribution in [-0.4, -0.2) is 39.7 Å². The summed E-state index contributed by atoms with van der Waals surface area (Å²) in [4.78, 5) is 25.5. The minimum absolute atomic E-state index is 0.0200. The maximum atomic E-state index is 12.6. The molecule has 0 radical (unpaired) electrons. The third-order valence-electron chi connectivity index (χ3n) is 3.78. The van der Waals surface area contributed by atoms with Gasteiger partial charge in [0.2, 0.25) is 0 Å². The van der Waals surface area contributed by atoms with Crippen molar-refractivity contribution in [3.05, 3.63) is 17.7 Å². The van der Waals surface area contributed by atoms with E-state index in [0.29, 0.717) is 38.2 Å². The molecule has 10 heteroatoms. The van der Waals surface area contributed by atoms with Crippen molar-refractivity contribution in [3.63, 3.8) is 0 Å². The molecule has 1 aromatic rings. The summed E-state index contributed by atoms with van der Waals surface area (Å²) in [6, 6.07) is -0.409. The minimum atomic E-state index is -4.45. The number of carbonyl (C=O) groups is 2. The molecule has 1 unspecified atom stereocenters. The summed E-state index contributed by atoms with van der Waals surface area (Å²) >= 11 is 0. The highest BCUT2D eigenvalue weighted by atomic mass is 19.4. The summed E-state index contributed by atoms with van der Waals surface area (Å²) in [6.45, 7) is 0.963. The smallest absolute Gasteiger partial charge is 0.434 e. The quantitative estimate of drug-likeness (QED) is 0.681. The number of hydrogen-bond acceptors (Lipinski definition) is 3. The van der Waals surface area contributed by atoms with Crippen molar-refractivity contribution in [2.45, 2.75) is 38.4 Å². The van der Waals surface area contributed by atoms with Crippen LogP contribution in [0.5, 0.6) is 0 Å². The van der Waals surface area contributed by atoms with Gasteiger partial charge >= 0.3 is 18.2 Å². The number of urea groups is 1. The molecule has 0 fully saturated rings. The number of hydrogen-bond donors (Lipinski definition) is 3. The Morgan fingerprint density at radius 2 is 2.12 bits per heavy atom. The topological polar surface area (TPSA) is 96.2 Å². The molecule has 1 aliphatic rings. The number of aliphatic carboxylic acids is 1. The van der Waals surface area contributed by atoms with Crippen molar-refractivity contribution in [3.8, 4) is 0 Å². The molecule has 134 valence electrons. The Morgan fingerprint density at radius 1 is 1.38 bits per heavy atom. The van der Waals surface area contributed by atoms with Gasteiger partial charge in [-0.25, -0.2) is 9.78 Å². The fraction of sp³-hybridized carbons (Fsp3) is 0.643. The second-order valence-electron chi connectivity index (χ2n) is 5.73. The maximum absolute atomic E-state index is 12.6. The number of carboxylic acid groups (broad SMARTS) is 1. The predicted octanol–water partition coefficient (Wildman–Crippen LogP) is 1.63. The van der Waals surface area contributed by atoms with Crippen LogP contribution >= 0.6 is 0 Å². The van der Waals surface area contributed by atoms with Crippen molar-refractivity contribution >= 4 is 12.0 Å². The molecule has 2 rings (SSSR count). The van der Waals surface area contributed by atoms with Gasteiger partial charge in [-0.2, -0.15) is 13.2 Å². The van der Waals surface area contributed by atoms with E-state index in [1.807, 2.05) is 0 Å². The van der Waals surface area contributed by atoms with Gasteiger partial charge in [-0.15, -0.1) is 0 Å². The molecule has 0 spiro atoms. The predicted molar refractivity (Wildman–Crippen MR) is 77.3 cm³/mol. The number of amides is 2. The molecule has 3 N–H and O–H groups in total. The zero-order valence-electron chi connectivity index (χ0n) is 12.9. The number of carboxylic acids is 1. The summed E-state index contributed by atoms with van der Waals surface area (Å²) in [6.07, 6.45) is -2.05. The molecule has 7 nitrogen and oxygen atoms in total. The molecule has 24 heavy (non-hydrogen) atoms. The number of nitrogens with zero attached hydrogens (tertiary/aromatic N) is 2. The summed E-state index contributed by atoms with van der Waals surface area (Å²) in [5.74, 6) is -0.483. The number of halogens is 3. The van der Waals surface area contributed by atoms with Gasteiger partial charge in [-0.1, -0.05) is 0 Å². The average molecular weight is 348 g/mol. The lowest BCUT2D eigenvalue weighted by Crippen LogP contribution is -2.40. The molecule has 2 amide bonds. The molecule has 0 aliphatic carbocycles. The fourth-order valence-corrected chi connectivity index (χ4v) is 2.56. The maximum Gasteiger partial charge on any atom is 0.434 e. The van der Waals surface area contributed by atoms with E-state index in [0.717, 1.165) is 6.20 Å². The van der Waals surface area contributed by atoms with Crippen LogP contribution in [0.25, 0.3) is 0 Å². The third kappa shape index (κ3) is 5.14. The second kappa shape index (κ2) is 7.54. The highest BCUT2D eigenvalue weighted by Gasteiger charge is 2.35. The van der Waals surface area contributed by atoms with E-state index >= 15 is 0 Å². The van der Waals surface area contributed by atoms with Crippen molar-refractivity contribution in [1.82, 2.24) is 20.2 Å². The molecule has 1 atom stereocenters. The monoisotopic (exact) mass is 348 g/mol. The Labute approximate surface area is 136 Å². The first-order valence-corrected chi connectivity index (χ1v) is 7.62. The van der Waals surface area contributed by atoms with Gasteiger partial charge in [0.05, 0.1) is 0 Å². The lowest BCUT2D eigenvalue weighted by atomic mass is 9.99. The van der Waals surface area contributed by atoms with Crippen molar-refractivity contribution in [2.75, 3.05) is 13.1 Å². The number of aryl methyl sites for hydroxylation is 1. The van der Waals surface area contributed by atoms with Gasteiger partial charge in [0.25, 0.3) is 0 Å². The third-order valence-corrected chi connectivity index (χ3v) is 3.78. The van der Waals surface area contributed by atoms with E-state index < -0.39 is 23.9 Å². The Morgan fingerprint density at radius 3 is 2.79 bits per heavy atom. The summed E-state index contributed by atoms with van der Waals surface area (Å²) in [5, 5.41) is 13.7. The zero-order valence-corrected chi connectivity index (χ0v) is 12.9. The number of alkyl halides is 3. The van der Waals surface area contributed by atoms with Crippen LogP contribution in [0.15, 0.2) is 6.20 Å². The molecule has 0 bridgehead atoms. The number of rotatable bonds is 6. The molecule has 0 saturated heterocycles. The highest BCUT2D eigenvalue weighted by Crippen LogP contribution is 2.30. The minimum Gasteiger partial charge on any atom is -0.481 e. The Bertz CT molecular complexity index is 601.